The summed E-state index contributed by atoms with van der Waals surface area (Å²) in [5.74, 6) is -0.263. The number of hydrogen-bond acceptors (Lipinski definition) is 3. The summed E-state index contributed by atoms with van der Waals surface area (Å²) in [6.07, 6.45) is 5.84. The third-order valence-electron chi connectivity index (χ3n) is 5.79. The predicted molar refractivity (Wildman–Crippen MR) is 109 cm³/mol. The number of benzene rings is 1. The predicted octanol–water partition coefficient (Wildman–Crippen LogP) is 3.42. The van der Waals surface area contributed by atoms with Crippen molar-refractivity contribution >= 4 is 47.4 Å². The highest BCUT2D eigenvalue weighted by atomic mass is 35.5. The Kier molecular flexibility index (Phi) is 6.57. The number of fused-ring (bicyclic) bond motifs is 2. The second kappa shape index (κ2) is 8.56. The maximum absolute atomic E-state index is 12.9. The minimum Gasteiger partial charge on any atom is -0.351 e. The number of piperidine rings is 1. The third kappa shape index (κ3) is 4.37. The fourth-order valence-electron chi connectivity index (χ4n) is 4.57. The van der Waals surface area contributed by atoms with Crippen LogP contribution in [0, 0.1) is 0 Å². The average molecular weight is 433 g/mol. The van der Waals surface area contributed by atoms with E-state index in [2.05, 4.69) is 10.6 Å². The van der Waals surface area contributed by atoms with Crippen molar-refractivity contribution in [2.45, 2.75) is 62.7 Å². The van der Waals surface area contributed by atoms with E-state index in [1.807, 2.05) is 0 Å². The van der Waals surface area contributed by atoms with E-state index in [-0.39, 0.29) is 30.3 Å². The lowest BCUT2D eigenvalue weighted by molar-refractivity contribution is -0.125. The molecular weight excluding hydrogens is 409 g/mol. The number of hydrogen-bond donors (Lipinski definition) is 2. The van der Waals surface area contributed by atoms with Crippen molar-refractivity contribution in [3.63, 3.8) is 0 Å². The Balaban J connectivity index is 0.00000210. The highest BCUT2D eigenvalue weighted by Crippen LogP contribution is 2.29. The lowest BCUT2D eigenvalue weighted by Gasteiger charge is -2.32. The molecule has 3 saturated heterocycles. The molecule has 0 radical (unpaired) electrons. The topological polar surface area (TPSA) is 61.4 Å². The van der Waals surface area contributed by atoms with Crippen molar-refractivity contribution in [3.8, 4) is 0 Å². The van der Waals surface area contributed by atoms with Crippen LogP contribution in [0.3, 0.4) is 0 Å². The van der Waals surface area contributed by atoms with Gasteiger partial charge in [0.2, 0.25) is 5.91 Å². The summed E-state index contributed by atoms with van der Waals surface area (Å²) in [7, 11) is 0. The van der Waals surface area contributed by atoms with Gasteiger partial charge in [-0.25, -0.2) is 0 Å². The second-order valence-electron chi connectivity index (χ2n) is 7.60. The number of rotatable bonds is 3. The maximum atomic E-state index is 12.9. The van der Waals surface area contributed by atoms with Crippen LogP contribution in [-0.4, -0.2) is 47.4 Å². The number of nitrogens with one attached hydrogen (secondary N) is 2. The molecule has 2 amide bonds. The Morgan fingerprint density at radius 3 is 2.52 bits per heavy atom. The fraction of sp³-hybridized carbons (Fsp3) is 0.579. The quantitative estimate of drug-likeness (QED) is 0.769. The molecule has 0 saturated carbocycles. The molecule has 3 fully saturated rings. The van der Waals surface area contributed by atoms with E-state index in [0.717, 1.165) is 19.3 Å². The molecule has 3 heterocycles. The van der Waals surface area contributed by atoms with Crippen LogP contribution in [0.4, 0.5) is 0 Å². The van der Waals surface area contributed by atoms with Gasteiger partial charge in [-0.1, -0.05) is 23.2 Å². The standard InChI is InChI=1S/C19H23Cl2N3O2.ClH/c20-11-3-6-16(21)15(8-11)19(26)24-7-1-2-17(24)18(25)23-14-9-12-4-5-13(10-14)22-12;/h3,6,8,12-14,17,22H,1-2,4-5,7,9-10H2,(H,23,25);1H. The zero-order valence-corrected chi connectivity index (χ0v) is 17.2. The van der Waals surface area contributed by atoms with E-state index in [1.54, 1.807) is 23.1 Å². The van der Waals surface area contributed by atoms with Gasteiger partial charge in [-0.15, -0.1) is 12.4 Å². The van der Waals surface area contributed by atoms with Crippen molar-refractivity contribution in [1.29, 1.82) is 0 Å². The fourth-order valence-corrected chi connectivity index (χ4v) is 4.94. The first-order chi connectivity index (χ1) is 12.5. The molecule has 3 unspecified atom stereocenters. The van der Waals surface area contributed by atoms with Crippen LogP contribution in [0.1, 0.15) is 48.9 Å². The molecule has 27 heavy (non-hydrogen) atoms. The SMILES string of the molecule is Cl.O=C(NC1CC2CCC(C1)N2)C1CCCN1C(=O)c1cc(Cl)ccc1Cl. The Bertz CT molecular complexity index is 718. The lowest BCUT2D eigenvalue weighted by Crippen LogP contribution is -2.53. The van der Waals surface area contributed by atoms with Gasteiger partial charge < -0.3 is 15.5 Å². The van der Waals surface area contributed by atoms with Gasteiger partial charge in [-0.05, 0) is 56.7 Å². The van der Waals surface area contributed by atoms with Gasteiger partial charge in [0.15, 0.2) is 0 Å². The largest absolute Gasteiger partial charge is 0.351 e. The van der Waals surface area contributed by atoms with E-state index in [9.17, 15) is 9.59 Å². The van der Waals surface area contributed by atoms with E-state index in [1.165, 1.54) is 12.8 Å². The van der Waals surface area contributed by atoms with Gasteiger partial charge in [-0.2, -0.15) is 0 Å². The van der Waals surface area contributed by atoms with E-state index >= 15 is 0 Å². The monoisotopic (exact) mass is 431 g/mol. The number of carbonyl (C=O) groups excluding carboxylic acids is 2. The molecule has 8 heteroatoms. The number of carbonyl (C=O) groups is 2. The summed E-state index contributed by atoms with van der Waals surface area (Å²) in [5, 5.41) is 7.59. The minimum absolute atomic E-state index is 0. The molecule has 0 aliphatic carbocycles. The normalized spacial score (nSPS) is 29.3. The van der Waals surface area contributed by atoms with E-state index in [4.69, 9.17) is 23.2 Å². The van der Waals surface area contributed by atoms with Crippen molar-refractivity contribution in [2.24, 2.45) is 0 Å². The van der Waals surface area contributed by atoms with Crippen molar-refractivity contribution < 1.29 is 9.59 Å². The Morgan fingerprint density at radius 2 is 1.81 bits per heavy atom. The molecule has 2 N–H and O–H groups in total. The van der Waals surface area contributed by atoms with Gasteiger partial charge >= 0.3 is 0 Å². The average Bonchev–Trinajstić information content (AvgIpc) is 3.23. The zero-order chi connectivity index (χ0) is 18.3. The second-order valence-corrected chi connectivity index (χ2v) is 8.44. The van der Waals surface area contributed by atoms with Gasteiger partial charge in [0.1, 0.15) is 6.04 Å². The first-order valence-electron chi connectivity index (χ1n) is 9.33. The van der Waals surface area contributed by atoms with Crippen molar-refractivity contribution in [1.82, 2.24) is 15.5 Å². The summed E-state index contributed by atoms with van der Waals surface area (Å²) in [4.78, 5) is 27.4. The smallest absolute Gasteiger partial charge is 0.256 e. The highest BCUT2D eigenvalue weighted by molar-refractivity contribution is 6.35. The van der Waals surface area contributed by atoms with Crippen LogP contribution in [-0.2, 0) is 4.79 Å². The summed E-state index contributed by atoms with van der Waals surface area (Å²) in [5.41, 5.74) is 0.360. The molecule has 0 spiro atoms. The molecule has 3 atom stereocenters. The molecular formula is C19H24Cl3N3O2. The maximum Gasteiger partial charge on any atom is 0.256 e. The third-order valence-corrected chi connectivity index (χ3v) is 6.36. The number of amides is 2. The molecule has 0 aromatic heterocycles. The molecule has 1 aromatic rings. The number of likely N-dealkylation sites (tertiary alicyclic amines) is 1. The zero-order valence-electron chi connectivity index (χ0n) is 14.9. The van der Waals surface area contributed by atoms with Gasteiger partial charge in [0.05, 0.1) is 10.6 Å². The number of nitrogens with zero attached hydrogens (tertiary/aromatic N) is 1. The molecule has 2 bridgehead atoms. The van der Waals surface area contributed by atoms with Crippen molar-refractivity contribution in [2.75, 3.05) is 6.54 Å². The minimum atomic E-state index is -0.426. The Labute approximate surface area is 175 Å². The highest BCUT2D eigenvalue weighted by Gasteiger charge is 2.38. The molecule has 1 aromatic carbocycles. The summed E-state index contributed by atoms with van der Waals surface area (Å²) >= 11 is 12.2. The first kappa shape index (κ1) is 20.7. The summed E-state index contributed by atoms with van der Waals surface area (Å²) in [6, 6.07) is 5.66. The summed E-state index contributed by atoms with van der Waals surface area (Å²) < 4.78 is 0. The van der Waals surface area contributed by atoms with E-state index in [0.29, 0.717) is 40.7 Å². The van der Waals surface area contributed by atoms with Crippen LogP contribution >= 0.6 is 35.6 Å². The molecule has 3 aliphatic rings. The van der Waals surface area contributed by atoms with Gasteiger partial charge in [0, 0.05) is 29.7 Å². The van der Waals surface area contributed by atoms with Crippen LogP contribution in [0.2, 0.25) is 10.0 Å². The van der Waals surface area contributed by atoms with Crippen LogP contribution < -0.4 is 10.6 Å². The van der Waals surface area contributed by atoms with Crippen LogP contribution in [0.5, 0.6) is 0 Å². The molecule has 5 nitrogen and oxygen atoms in total. The Hall–Kier alpha value is -1.01. The lowest BCUT2D eigenvalue weighted by atomic mass is 9.99. The summed E-state index contributed by atoms with van der Waals surface area (Å²) in [6.45, 7) is 0.567. The van der Waals surface area contributed by atoms with Crippen molar-refractivity contribution in [3.05, 3.63) is 33.8 Å². The molecule has 148 valence electrons. The van der Waals surface area contributed by atoms with Crippen LogP contribution in [0.15, 0.2) is 18.2 Å². The van der Waals surface area contributed by atoms with Gasteiger partial charge in [-0.3, -0.25) is 9.59 Å². The Morgan fingerprint density at radius 1 is 1.11 bits per heavy atom. The molecule has 4 rings (SSSR count). The number of halogens is 3. The van der Waals surface area contributed by atoms with Gasteiger partial charge in [0.25, 0.3) is 5.91 Å². The molecule has 3 aliphatic heterocycles. The van der Waals surface area contributed by atoms with Crippen LogP contribution in [0.25, 0.3) is 0 Å². The first-order valence-corrected chi connectivity index (χ1v) is 10.1. The van der Waals surface area contributed by atoms with E-state index < -0.39 is 6.04 Å².